The molecule has 1 fully saturated rings. The molecular formula is C25H33F3N2O2. The van der Waals surface area contributed by atoms with Gasteiger partial charge in [0.05, 0.1) is 6.61 Å². The van der Waals surface area contributed by atoms with E-state index in [2.05, 4.69) is 12.3 Å². The Labute approximate surface area is 188 Å². The van der Waals surface area contributed by atoms with Crippen molar-refractivity contribution in [2.75, 3.05) is 13.2 Å². The van der Waals surface area contributed by atoms with Crippen LogP contribution in [0.1, 0.15) is 76.3 Å². The predicted molar refractivity (Wildman–Crippen MR) is 120 cm³/mol. The smallest absolute Gasteiger partial charge is 0.409 e. The van der Waals surface area contributed by atoms with Crippen LogP contribution in [0, 0.1) is 0 Å². The largest absolute Gasteiger partial charge is 0.493 e. The number of hydrazine groups is 1. The third-order valence-electron chi connectivity index (χ3n) is 5.92. The molecule has 0 aliphatic carbocycles. The molecule has 0 spiro atoms. The summed E-state index contributed by atoms with van der Waals surface area (Å²) in [7, 11) is 0. The first-order valence-corrected chi connectivity index (χ1v) is 11.7. The minimum absolute atomic E-state index is 0.0146. The quantitative estimate of drug-likeness (QED) is 0.366. The maximum absolute atomic E-state index is 14.1. The SMILES string of the molecule is CCCCCCCCCCOc1cccc2cccc([C@H](N3CCC(=O)N3)C(F)(F)F)c12. The number of fused-ring (bicyclic) bond motifs is 1. The normalized spacial score (nSPS) is 15.8. The first kappa shape index (κ1) is 24.4. The van der Waals surface area contributed by atoms with Gasteiger partial charge in [-0.15, -0.1) is 0 Å². The second kappa shape index (κ2) is 11.5. The highest BCUT2D eigenvalue weighted by molar-refractivity contribution is 5.92. The maximum Gasteiger partial charge on any atom is 0.409 e. The van der Waals surface area contributed by atoms with Crippen molar-refractivity contribution in [3.63, 3.8) is 0 Å². The fraction of sp³-hybridized carbons (Fsp3) is 0.560. The number of unbranched alkanes of at least 4 members (excludes halogenated alkanes) is 7. The number of rotatable bonds is 12. The van der Waals surface area contributed by atoms with Crippen LogP contribution in [0.2, 0.25) is 0 Å². The molecule has 0 unspecified atom stereocenters. The van der Waals surface area contributed by atoms with Gasteiger partial charge in [0, 0.05) is 18.4 Å². The Balaban J connectivity index is 1.72. The van der Waals surface area contributed by atoms with Gasteiger partial charge >= 0.3 is 6.18 Å². The highest BCUT2D eigenvalue weighted by Crippen LogP contribution is 2.43. The fourth-order valence-corrected chi connectivity index (χ4v) is 4.31. The summed E-state index contributed by atoms with van der Waals surface area (Å²) >= 11 is 0. The molecule has 1 heterocycles. The van der Waals surface area contributed by atoms with Gasteiger partial charge in [-0.1, -0.05) is 82.2 Å². The van der Waals surface area contributed by atoms with Crippen LogP contribution < -0.4 is 10.2 Å². The van der Waals surface area contributed by atoms with E-state index in [4.69, 9.17) is 4.74 Å². The van der Waals surface area contributed by atoms with Gasteiger partial charge in [0.1, 0.15) is 5.75 Å². The molecule has 0 bridgehead atoms. The lowest BCUT2D eigenvalue weighted by atomic mass is 9.97. The first-order chi connectivity index (χ1) is 15.4. The number of carbonyl (C=O) groups is 1. The Kier molecular flexibility index (Phi) is 8.79. The summed E-state index contributed by atoms with van der Waals surface area (Å²) in [5.41, 5.74) is 2.46. The van der Waals surface area contributed by atoms with Gasteiger partial charge in [-0.05, 0) is 23.4 Å². The third-order valence-corrected chi connectivity index (χ3v) is 5.92. The summed E-state index contributed by atoms with van der Waals surface area (Å²) in [5.74, 6) is 0.0615. The molecule has 2 aromatic carbocycles. The molecule has 4 nitrogen and oxygen atoms in total. The number of ether oxygens (including phenoxy) is 1. The van der Waals surface area contributed by atoms with Crippen molar-refractivity contribution in [2.45, 2.75) is 76.9 Å². The van der Waals surface area contributed by atoms with Crippen LogP contribution in [0.15, 0.2) is 36.4 Å². The zero-order valence-electron chi connectivity index (χ0n) is 18.7. The van der Waals surface area contributed by atoms with Crippen molar-refractivity contribution in [2.24, 2.45) is 0 Å². The number of hydrogen-bond donors (Lipinski definition) is 1. The number of benzene rings is 2. The van der Waals surface area contributed by atoms with Gasteiger partial charge in [-0.25, -0.2) is 5.01 Å². The summed E-state index contributed by atoms with van der Waals surface area (Å²) < 4.78 is 48.3. The van der Waals surface area contributed by atoms with E-state index >= 15 is 0 Å². The van der Waals surface area contributed by atoms with Gasteiger partial charge in [0.25, 0.3) is 0 Å². The van der Waals surface area contributed by atoms with Crippen molar-refractivity contribution in [1.82, 2.24) is 10.4 Å². The zero-order chi connectivity index (χ0) is 23.0. The third kappa shape index (κ3) is 6.37. The molecule has 1 saturated heterocycles. The summed E-state index contributed by atoms with van der Waals surface area (Å²) in [4.78, 5) is 11.6. The second-order valence-corrected chi connectivity index (χ2v) is 8.45. The van der Waals surface area contributed by atoms with Crippen LogP contribution in [0.4, 0.5) is 13.2 Å². The summed E-state index contributed by atoms with van der Waals surface area (Å²) in [6.07, 6.45) is 4.86. The lowest BCUT2D eigenvalue weighted by molar-refractivity contribution is -0.190. The van der Waals surface area contributed by atoms with Gasteiger partial charge in [-0.3, -0.25) is 10.2 Å². The van der Waals surface area contributed by atoms with Crippen molar-refractivity contribution in [3.8, 4) is 5.75 Å². The molecule has 3 rings (SSSR count). The van der Waals surface area contributed by atoms with Crippen molar-refractivity contribution >= 4 is 16.7 Å². The number of hydrogen-bond acceptors (Lipinski definition) is 3. The number of alkyl halides is 3. The molecule has 1 aliphatic heterocycles. The molecule has 1 amide bonds. The van der Waals surface area contributed by atoms with Gasteiger partial charge in [0.2, 0.25) is 5.91 Å². The summed E-state index contributed by atoms with van der Waals surface area (Å²) in [6.45, 7) is 2.69. The highest BCUT2D eigenvalue weighted by Gasteiger charge is 2.47. The molecule has 2 aromatic rings. The number of carbonyl (C=O) groups excluding carboxylic acids is 1. The molecule has 0 aromatic heterocycles. The van der Waals surface area contributed by atoms with E-state index in [1.54, 1.807) is 30.3 Å². The van der Waals surface area contributed by atoms with E-state index in [0.29, 0.717) is 23.1 Å². The van der Waals surface area contributed by atoms with Gasteiger partial charge in [-0.2, -0.15) is 13.2 Å². The van der Waals surface area contributed by atoms with Crippen molar-refractivity contribution < 1.29 is 22.7 Å². The Morgan fingerprint density at radius 3 is 2.28 bits per heavy atom. The number of nitrogens with zero attached hydrogens (tertiary/aromatic N) is 1. The van der Waals surface area contributed by atoms with Crippen LogP contribution >= 0.6 is 0 Å². The average Bonchev–Trinajstić information content (AvgIpc) is 3.17. The lowest BCUT2D eigenvalue weighted by Crippen LogP contribution is -2.43. The number of halogens is 3. The Morgan fingerprint density at radius 1 is 1.00 bits per heavy atom. The molecular weight excluding hydrogens is 417 g/mol. The Hall–Kier alpha value is -2.28. The van der Waals surface area contributed by atoms with Gasteiger partial charge < -0.3 is 4.74 Å². The van der Waals surface area contributed by atoms with E-state index in [-0.39, 0.29) is 18.5 Å². The molecule has 1 N–H and O–H groups in total. The van der Waals surface area contributed by atoms with E-state index in [0.717, 1.165) is 24.3 Å². The molecule has 32 heavy (non-hydrogen) atoms. The monoisotopic (exact) mass is 450 g/mol. The van der Waals surface area contributed by atoms with Crippen molar-refractivity contribution in [3.05, 3.63) is 42.0 Å². The van der Waals surface area contributed by atoms with Crippen molar-refractivity contribution in [1.29, 1.82) is 0 Å². The minimum atomic E-state index is -4.54. The van der Waals surface area contributed by atoms with E-state index in [1.165, 1.54) is 38.2 Å². The topological polar surface area (TPSA) is 41.6 Å². The molecule has 1 atom stereocenters. The van der Waals surface area contributed by atoms with Crippen LogP contribution in [-0.4, -0.2) is 30.2 Å². The number of nitrogens with one attached hydrogen (secondary N) is 1. The molecule has 0 saturated carbocycles. The average molecular weight is 451 g/mol. The van der Waals surface area contributed by atoms with E-state index in [1.807, 2.05) is 0 Å². The first-order valence-electron chi connectivity index (χ1n) is 11.7. The highest BCUT2D eigenvalue weighted by atomic mass is 19.4. The lowest BCUT2D eigenvalue weighted by Gasteiger charge is -2.30. The van der Waals surface area contributed by atoms with Crippen LogP contribution in [0.5, 0.6) is 5.75 Å². The molecule has 0 radical (unpaired) electrons. The molecule has 7 heteroatoms. The van der Waals surface area contributed by atoms with Crippen LogP contribution in [0.3, 0.4) is 0 Å². The van der Waals surface area contributed by atoms with Crippen LogP contribution in [0.25, 0.3) is 10.8 Å². The minimum Gasteiger partial charge on any atom is -0.493 e. The van der Waals surface area contributed by atoms with Crippen LogP contribution in [-0.2, 0) is 4.79 Å². The van der Waals surface area contributed by atoms with E-state index in [9.17, 15) is 18.0 Å². The second-order valence-electron chi connectivity index (χ2n) is 8.45. The zero-order valence-corrected chi connectivity index (χ0v) is 18.7. The Morgan fingerprint density at radius 2 is 1.66 bits per heavy atom. The number of amides is 1. The summed E-state index contributed by atoms with van der Waals surface area (Å²) in [6, 6.07) is 8.29. The van der Waals surface area contributed by atoms with Gasteiger partial charge in [0.15, 0.2) is 6.04 Å². The maximum atomic E-state index is 14.1. The van der Waals surface area contributed by atoms with E-state index < -0.39 is 18.1 Å². The molecule has 176 valence electrons. The predicted octanol–water partition coefficient (Wildman–Crippen LogP) is 6.70. The summed E-state index contributed by atoms with van der Waals surface area (Å²) in [5, 5.41) is 2.14. The molecule has 1 aliphatic rings. The fourth-order valence-electron chi connectivity index (χ4n) is 4.31. The Bertz CT molecular complexity index is 880. The standard InChI is InChI=1S/C25H33F3N2O2/c1-2-3-4-5-6-7-8-9-18-32-21-15-11-13-19-12-10-14-20(23(19)21)24(25(26,27)28)30-17-16-22(31)29-30/h10-15,24H,2-9,16-18H2,1H3,(H,29,31)/t24-/m0/s1.